The second kappa shape index (κ2) is 8.59. The predicted molar refractivity (Wildman–Crippen MR) is 110 cm³/mol. The van der Waals surface area contributed by atoms with E-state index in [0.29, 0.717) is 13.0 Å². The van der Waals surface area contributed by atoms with Crippen LogP contribution >= 0.6 is 15.9 Å². The van der Waals surface area contributed by atoms with Crippen molar-refractivity contribution >= 4 is 32.8 Å². The summed E-state index contributed by atoms with van der Waals surface area (Å²) >= 11 is 3.47. The Hall–Kier alpha value is -2.31. The number of benzene rings is 2. The third kappa shape index (κ3) is 4.90. The number of rotatable bonds is 8. The largest absolute Gasteiger partial charge is 0.491 e. The van der Waals surface area contributed by atoms with E-state index in [9.17, 15) is 9.90 Å². The minimum Gasteiger partial charge on any atom is -0.491 e. The standard InChI is InChI=1S/C21H23BrN2O3/c1-13(2)27-20-8-7-16(22)9-15(20)12-24-19(21(25)26)10-14-11-23-18-6-4-3-5-17(14)18/h3-9,11,13,19,23-24H,10,12H2,1-2H3,(H,25,26)/t19-/m1/s1. The summed E-state index contributed by atoms with van der Waals surface area (Å²) in [6.07, 6.45) is 2.33. The van der Waals surface area contributed by atoms with Crippen LogP contribution in [0.5, 0.6) is 5.75 Å². The molecule has 0 saturated heterocycles. The number of carbonyl (C=O) groups is 1. The number of carboxylic acid groups (broad SMARTS) is 1. The quantitative estimate of drug-likeness (QED) is 0.491. The molecule has 6 heteroatoms. The van der Waals surface area contributed by atoms with Crippen molar-refractivity contribution in [1.82, 2.24) is 10.3 Å². The molecule has 0 aliphatic carbocycles. The minimum atomic E-state index is -0.874. The lowest BCUT2D eigenvalue weighted by molar-refractivity contribution is -0.139. The Morgan fingerprint density at radius 3 is 2.74 bits per heavy atom. The molecule has 5 nitrogen and oxygen atoms in total. The van der Waals surface area contributed by atoms with Crippen molar-refractivity contribution in [1.29, 1.82) is 0 Å². The second-order valence-corrected chi connectivity index (χ2v) is 7.67. The van der Waals surface area contributed by atoms with Gasteiger partial charge in [0.05, 0.1) is 6.10 Å². The maximum absolute atomic E-state index is 11.8. The van der Waals surface area contributed by atoms with Crippen LogP contribution in [0.1, 0.15) is 25.0 Å². The van der Waals surface area contributed by atoms with E-state index in [2.05, 4.69) is 26.2 Å². The molecule has 0 unspecified atom stereocenters. The van der Waals surface area contributed by atoms with E-state index in [0.717, 1.165) is 32.3 Å². The van der Waals surface area contributed by atoms with Gasteiger partial charge in [0.1, 0.15) is 11.8 Å². The summed E-state index contributed by atoms with van der Waals surface area (Å²) in [5.41, 5.74) is 2.91. The van der Waals surface area contributed by atoms with Gasteiger partial charge in [-0.25, -0.2) is 0 Å². The molecule has 3 N–H and O–H groups in total. The molecule has 0 aliphatic heterocycles. The Balaban J connectivity index is 1.76. The summed E-state index contributed by atoms with van der Waals surface area (Å²) in [7, 11) is 0. The monoisotopic (exact) mass is 430 g/mol. The number of fused-ring (bicyclic) bond motifs is 1. The fourth-order valence-corrected chi connectivity index (χ4v) is 3.46. The molecule has 27 heavy (non-hydrogen) atoms. The molecule has 0 amide bonds. The SMILES string of the molecule is CC(C)Oc1ccc(Br)cc1CN[C@H](Cc1c[nH]c2ccccc12)C(=O)O. The van der Waals surface area contributed by atoms with Crippen molar-refractivity contribution in [2.75, 3.05) is 0 Å². The summed E-state index contributed by atoms with van der Waals surface area (Å²) < 4.78 is 6.77. The first-order chi connectivity index (χ1) is 12.9. The van der Waals surface area contributed by atoms with Crippen LogP contribution in [0.4, 0.5) is 0 Å². The molecule has 0 radical (unpaired) electrons. The number of aromatic amines is 1. The number of halogens is 1. The van der Waals surface area contributed by atoms with E-state index in [-0.39, 0.29) is 6.10 Å². The van der Waals surface area contributed by atoms with Gasteiger partial charge in [0.15, 0.2) is 0 Å². The molecular weight excluding hydrogens is 408 g/mol. The molecule has 3 aromatic rings. The van der Waals surface area contributed by atoms with Crippen LogP contribution in [0, 0.1) is 0 Å². The summed E-state index contributed by atoms with van der Waals surface area (Å²) in [6.45, 7) is 4.34. The number of aliphatic carboxylic acids is 1. The molecule has 142 valence electrons. The van der Waals surface area contributed by atoms with E-state index < -0.39 is 12.0 Å². The van der Waals surface area contributed by atoms with Gasteiger partial charge in [0, 0.05) is 40.1 Å². The lowest BCUT2D eigenvalue weighted by Gasteiger charge is -2.18. The topological polar surface area (TPSA) is 74.3 Å². The number of hydrogen-bond donors (Lipinski definition) is 3. The lowest BCUT2D eigenvalue weighted by Crippen LogP contribution is -2.38. The average molecular weight is 431 g/mol. The van der Waals surface area contributed by atoms with Gasteiger partial charge in [-0.2, -0.15) is 0 Å². The van der Waals surface area contributed by atoms with E-state index in [4.69, 9.17) is 4.74 Å². The fourth-order valence-electron chi connectivity index (χ4n) is 3.06. The molecule has 1 atom stereocenters. The van der Waals surface area contributed by atoms with Gasteiger partial charge in [0.2, 0.25) is 0 Å². The van der Waals surface area contributed by atoms with Gasteiger partial charge in [-0.15, -0.1) is 0 Å². The first kappa shape index (κ1) is 19.5. The minimum absolute atomic E-state index is 0.0476. The number of ether oxygens (including phenoxy) is 1. The fraction of sp³-hybridized carbons (Fsp3) is 0.286. The molecular formula is C21H23BrN2O3. The first-order valence-corrected chi connectivity index (χ1v) is 9.69. The highest BCUT2D eigenvalue weighted by atomic mass is 79.9. The van der Waals surface area contributed by atoms with Crippen LogP contribution < -0.4 is 10.1 Å². The Morgan fingerprint density at radius 2 is 2.00 bits per heavy atom. The van der Waals surface area contributed by atoms with Crippen molar-refractivity contribution in [3.05, 3.63) is 64.3 Å². The van der Waals surface area contributed by atoms with Crippen molar-refractivity contribution in [3.8, 4) is 5.75 Å². The van der Waals surface area contributed by atoms with Crippen molar-refractivity contribution in [2.45, 2.75) is 39.0 Å². The van der Waals surface area contributed by atoms with E-state index in [1.807, 2.05) is 62.5 Å². The Morgan fingerprint density at radius 1 is 1.22 bits per heavy atom. The van der Waals surface area contributed by atoms with Crippen LogP contribution in [-0.2, 0) is 17.8 Å². The van der Waals surface area contributed by atoms with Crippen LogP contribution in [0.15, 0.2) is 53.1 Å². The summed E-state index contributed by atoms with van der Waals surface area (Å²) in [6, 6.07) is 13.0. The normalized spacial score (nSPS) is 12.4. The smallest absolute Gasteiger partial charge is 0.321 e. The van der Waals surface area contributed by atoms with Gasteiger partial charge >= 0.3 is 5.97 Å². The number of hydrogen-bond acceptors (Lipinski definition) is 3. The van der Waals surface area contributed by atoms with Crippen LogP contribution in [0.25, 0.3) is 10.9 Å². The third-order valence-electron chi connectivity index (χ3n) is 4.32. The summed E-state index contributed by atoms with van der Waals surface area (Å²) in [5.74, 6) is -0.112. The summed E-state index contributed by atoms with van der Waals surface area (Å²) in [4.78, 5) is 15.0. The van der Waals surface area contributed by atoms with Crippen molar-refractivity contribution in [3.63, 3.8) is 0 Å². The van der Waals surface area contributed by atoms with E-state index in [1.165, 1.54) is 0 Å². The van der Waals surface area contributed by atoms with Gasteiger partial charge in [-0.05, 0) is 43.7 Å². The summed E-state index contributed by atoms with van der Waals surface area (Å²) in [5, 5.41) is 13.9. The maximum atomic E-state index is 11.8. The zero-order valence-electron chi connectivity index (χ0n) is 15.3. The number of nitrogens with one attached hydrogen (secondary N) is 2. The number of aromatic nitrogens is 1. The molecule has 0 bridgehead atoms. The van der Waals surface area contributed by atoms with Crippen molar-refractivity contribution in [2.24, 2.45) is 0 Å². The lowest BCUT2D eigenvalue weighted by atomic mass is 10.0. The third-order valence-corrected chi connectivity index (χ3v) is 4.81. The van der Waals surface area contributed by atoms with Crippen LogP contribution in [0.2, 0.25) is 0 Å². The highest BCUT2D eigenvalue weighted by molar-refractivity contribution is 9.10. The molecule has 1 aromatic heterocycles. The Bertz CT molecular complexity index is 936. The highest BCUT2D eigenvalue weighted by Crippen LogP contribution is 2.25. The number of H-pyrrole nitrogens is 1. The van der Waals surface area contributed by atoms with Gasteiger partial charge in [0.25, 0.3) is 0 Å². The molecule has 0 fully saturated rings. The van der Waals surface area contributed by atoms with Crippen LogP contribution in [0.3, 0.4) is 0 Å². The van der Waals surface area contributed by atoms with Crippen molar-refractivity contribution < 1.29 is 14.6 Å². The van der Waals surface area contributed by atoms with Gasteiger partial charge in [-0.3, -0.25) is 10.1 Å². The highest BCUT2D eigenvalue weighted by Gasteiger charge is 2.20. The molecule has 2 aromatic carbocycles. The molecule has 3 rings (SSSR count). The molecule has 0 spiro atoms. The van der Waals surface area contributed by atoms with Crippen LogP contribution in [-0.4, -0.2) is 28.2 Å². The molecule has 0 saturated carbocycles. The Labute approximate surface area is 166 Å². The first-order valence-electron chi connectivity index (χ1n) is 8.90. The van der Waals surface area contributed by atoms with E-state index >= 15 is 0 Å². The predicted octanol–water partition coefficient (Wildman–Crippen LogP) is 4.50. The van der Waals surface area contributed by atoms with Gasteiger partial charge < -0.3 is 14.8 Å². The molecule has 0 aliphatic rings. The zero-order chi connectivity index (χ0) is 19.4. The Kier molecular flexibility index (Phi) is 6.19. The number of carboxylic acids is 1. The van der Waals surface area contributed by atoms with E-state index in [1.54, 1.807) is 0 Å². The molecule has 1 heterocycles. The average Bonchev–Trinajstić information content (AvgIpc) is 3.03. The second-order valence-electron chi connectivity index (χ2n) is 6.75. The number of para-hydroxylation sites is 1. The van der Waals surface area contributed by atoms with Gasteiger partial charge in [-0.1, -0.05) is 34.1 Å². The zero-order valence-corrected chi connectivity index (χ0v) is 16.9. The maximum Gasteiger partial charge on any atom is 0.321 e.